The fourth-order valence-electron chi connectivity index (χ4n) is 3.95. The third-order valence-corrected chi connectivity index (χ3v) is 5.93. The molecule has 1 aliphatic rings. The summed E-state index contributed by atoms with van der Waals surface area (Å²) in [6.07, 6.45) is 0. The summed E-state index contributed by atoms with van der Waals surface area (Å²) in [5.74, 6) is -1.12. The van der Waals surface area contributed by atoms with Gasteiger partial charge in [-0.1, -0.05) is 49.7 Å². The average molecular weight is 452 g/mol. The van der Waals surface area contributed by atoms with Crippen molar-refractivity contribution < 1.29 is 14.7 Å². The van der Waals surface area contributed by atoms with Gasteiger partial charge in [-0.15, -0.1) is 12.4 Å². The molecule has 0 aliphatic carbocycles. The number of carbonyl (C=O) groups is 2. The molecule has 162 valence electrons. The highest BCUT2D eigenvalue weighted by atomic mass is 35.5. The number of aliphatic hydroxyl groups is 1. The maximum Gasteiger partial charge on any atom is 0.268 e. The Labute approximate surface area is 188 Å². The molecule has 0 aromatic heterocycles. The molecular weight excluding hydrogens is 425 g/mol. The van der Waals surface area contributed by atoms with Gasteiger partial charge in [0.1, 0.15) is 0 Å². The zero-order chi connectivity index (χ0) is 21.3. The number of halogens is 2. The lowest BCUT2D eigenvalue weighted by atomic mass is 9.84. The van der Waals surface area contributed by atoms with Crippen molar-refractivity contribution in [3.05, 3.63) is 63.7 Å². The average Bonchev–Trinajstić information content (AvgIpc) is 2.91. The molecule has 0 saturated heterocycles. The van der Waals surface area contributed by atoms with Gasteiger partial charge in [0.25, 0.3) is 5.91 Å². The number of amides is 2. The van der Waals surface area contributed by atoms with E-state index in [0.717, 1.165) is 18.7 Å². The number of likely N-dealkylation sites (N-methyl/N-ethyl adjacent to an activating group) is 1. The number of nitrogens with zero attached hydrogens (tertiary/aromatic N) is 2. The number of hydrogen-bond acceptors (Lipinski definition) is 4. The standard InChI is InChI=1S/C22H26ClN3O3.ClH/c1-4-25(5-2)10-11-26-18-13-15(20(24)27)12-17(23)19(18)22(29,21(26)28)16-9-7-6-8-14(16)3;/h6-9,12-13,29H,4-5,10-11H2,1-3H3,(H2,24,27);1H. The third-order valence-electron chi connectivity index (χ3n) is 5.63. The summed E-state index contributed by atoms with van der Waals surface area (Å²) >= 11 is 6.50. The maximum atomic E-state index is 13.5. The molecule has 1 heterocycles. The van der Waals surface area contributed by atoms with E-state index in [1.54, 1.807) is 18.2 Å². The van der Waals surface area contributed by atoms with E-state index in [1.807, 2.05) is 19.1 Å². The minimum absolute atomic E-state index is 0. The van der Waals surface area contributed by atoms with Crippen molar-refractivity contribution in [1.82, 2.24) is 4.90 Å². The SMILES string of the molecule is CCN(CC)CCN1C(=O)C(O)(c2ccccc2C)c2c(Cl)cc(C(N)=O)cc21.Cl. The monoisotopic (exact) mass is 451 g/mol. The summed E-state index contributed by atoms with van der Waals surface area (Å²) in [5, 5.41) is 11.9. The van der Waals surface area contributed by atoms with Crippen LogP contribution in [0, 0.1) is 6.92 Å². The Balaban J connectivity index is 0.00000320. The highest BCUT2D eigenvalue weighted by molar-refractivity contribution is 6.33. The number of carbonyl (C=O) groups excluding carboxylic acids is 2. The van der Waals surface area contributed by atoms with E-state index in [2.05, 4.69) is 18.7 Å². The molecule has 3 N–H and O–H groups in total. The Hall–Kier alpha value is -2.12. The largest absolute Gasteiger partial charge is 0.372 e. The highest BCUT2D eigenvalue weighted by Crippen LogP contribution is 2.49. The van der Waals surface area contributed by atoms with Gasteiger partial charge in [0.05, 0.1) is 10.7 Å². The minimum Gasteiger partial charge on any atom is -0.372 e. The van der Waals surface area contributed by atoms with Gasteiger partial charge in [-0.3, -0.25) is 9.59 Å². The summed E-state index contributed by atoms with van der Waals surface area (Å²) in [6, 6.07) is 10.1. The number of nitrogens with two attached hydrogens (primary N) is 1. The van der Waals surface area contributed by atoms with Crippen LogP contribution in [0.25, 0.3) is 0 Å². The van der Waals surface area contributed by atoms with Gasteiger partial charge in [-0.2, -0.15) is 0 Å². The predicted molar refractivity (Wildman–Crippen MR) is 122 cm³/mol. The van der Waals surface area contributed by atoms with Gasteiger partial charge < -0.3 is 20.6 Å². The first-order valence-corrected chi connectivity index (χ1v) is 10.1. The third kappa shape index (κ3) is 3.93. The normalized spacial score (nSPS) is 17.8. The zero-order valence-electron chi connectivity index (χ0n) is 17.3. The van der Waals surface area contributed by atoms with Crippen LogP contribution in [0.3, 0.4) is 0 Å². The molecule has 0 bridgehead atoms. The number of fused-ring (bicyclic) bond motifs is 1. The highest BCUT2D eigenvalue weighted by Gasteiger charge is 2.53. The Morgan fingerprint density at radius 3 is 2.43 bits per heavy atom. The van der Waals surface area contributed by atoms with Crippen molar-refractivity contribution in [1.29, 1.82) is 0 Å². The predicted octanol–water partition coefficient (Wildman–Crippen LogP) is 3.09. The molecule has 6 nitrogen and oxygen atoms in total. The van der Waals surface area contributed by atoms with Crippen LogP contribution in [0.15, 0.2) is 36.4 Å². The second-order valence-electron chi connectivity index (χ2n) is 7.23. The summed E-state index contributed by atoms with van der Waals surface area (Å²) in [5.41, 5.74) is 5.70. The second-order valence-corrected chi connectivity index (χ2v) is 7.63. The van der Waals surface area contributed by atoms with Crippen molar-refractivity contribution in [3.63, 3.8) is 0 Å². The van der Waals surface area contributed by atoms with Gasteiger partial charge in [0.2, 0.25) is 5.91 Å². The number of aryl methyl sites for hydroxylation is 1. The first-order chi connectivity index (χ1) is 13.7. The molecule has 1 atom stereocenters. The van der Waals surface area contributed by atoms with Crippen LogP contribution in [0.2, 0.25) is 5.02 Å². The van der Waals surface area contributed by atoms with Gasteiger partial charge >= 0.3 is 0 Å². The van der Waals surface area contributed by atoms with Crippen LogP contribution in [0.4, 0.5) is 5.69 Å². The first kappa shape index (κ1) is 24.2. The number of benzene rings is 2. The van der Waals surface area contributed by atoms with E-state index >= 15 is 0 Å². The van der Waals surface area contributed by atoms with Crippen molar-refractivity contribution in [2.75, 3.05) is 31.1 Å². The van der Waals surface area contributed by atoms with Crippen molar-refractivity contribution in [3.8, 4) is 0 Å². The van der Waals surface area contributed by atoms with E-state index in [9.17, 15) is 14.7 Å². The molecule has 2 aromatic carbocycles. The number of hydrogen-bond donors (Lipinski definition) is 2. The molecule has 1 unspecified atom stereocenters. The number of rotatable bonds is 7. The molecule has 0 saturated carbocycles. The Bertz CT molecular complexity index is 963. The lowest BCUT2D eigenvalue weighted by molar-refractivity contribution is -0.132. The van der Waals surface area contributed by atoms with Crippen LogP contribution in [0.5, 0.6) is 0 Å². The van der Waals surface area contributed by atoms with E-state index in [4.69, 9.17) is 17.3 Å². The lowest BCUT2D eigenvalue weighted by Gasteiger charge is -2.27. The summed E-state index contributed by atoms with van der Waals surface area (Å²) < 4.78 is 0. The summed E-state index contributed by atoms with van der Waals surface area (Å²) in [7, 11) is 0. The van der Waals surface area contributed by atoms with Gasteiger partial charge in [-0.05, 0) is 37.7 Å². The number of primary amides is 1. The molecular formula is C22H27Cl2N3O3. The van der Waals surface area contributed by atoms with Crippen LogP contribution in [0.1, 0.15) is 40.9 Å². The first-order valence-electron chi connectivity index (χ1n) is 9.72. The van der Waals surface area contributed by atoms with Crippen molar-refractivity contribution in [2.24, 2.45) is 5.73 Å². The Morgan fingerprint density at radius 1 is 1.23 bits per heavy atom. The van der Waals surface area contributed by atoms with Crippen molar-refractivity contribution in [2.45, 2.75) is 26.4 Å². The summed E-state index contributed by atoms with van der Waals surface area (Å²) in [6.45, 7) is 8.61. The van der Waals surface area contributed by atoms with E-state index < -0.39 is 17.4 Å². The number of anilines is 1. The van der Waals surface area contributed by atoms with E-state index in [-0.39, 0.29) is 23.0 Å². The molecule has 2 amide bonds. The fourth-order valence-corrected chi connectivity index (χ4v) is 4.30. The van der Waals surface area contributed by atoms with Gasteiger partial charge in [-0.25, -0.2) is 0 Å². The maximum absolute atomic E-state index is 13.5. The zero-order valence-corrected chi connectivity index (χ0v) is 18.9. The Morgan fingerprint density at radius 2 is 1.87 bits per heavy atom. The smallest absolute Gasteiger partial charge is 0.268 e. The molecule has 8 heteroatoms. The van der Waals surface area contributed by atoms with Crippen LogP contribution >= 0.6 is 24.0 Å². The topological polar surface area (TPSA) is 86.9 Å². The molecule has 0 fully saturated rings. The minimum atomic E-state index is -1.92. The van der Waals surface area contributed by atoms with Crippen LogP contribution < -0.4 is 10.6 Å². The quantitative estimate of drug-likeness (QED) is 0.676. The van der Waals surface area contributed by atoms with Gasteiger partial charge in [0, 0.05) is 29.8 Å². The summed E-state index contributed by atoms with van der Waals surface area (Å²) in [4.78, 5) is 29.0. The lowest BCUT2D eigenvalue weighted by Crippen LogP contribution is -2.44. The fraction of sp³-hybridized carbons (Fsp3) is 0.364. The second kappa shape index (κ2) is 9.35. The van der Waals surface area contributed by atoms with E-state index in [1.165, 1.54) is 11.0 Å². The molecule has 0 radical (unpaired) electrons. The molecule has 30 heavy (non-hydrogen) atoms. The van der Waals surface area contributed by atoms with Gasteiger partial charge in [0.15, 0.2) is 5.60 Å². The molecule has 1 aliphatic heterocycles. The van der Waals surface area contributed by atoms with Crippen LogP contribution in [-0.2, 0) is 10.4 Å². The molecule has 0 spiro atoms. The van der Waals surface area contributed by atoms with E-state index in [0.29, 0.717) is 29.9 Å². The van der Waals surface area contributed by atoms with Crippen LogP contribution in [-0.4, -0.2) is 48.0 Å². The molecule has 3 rings (SSSR count). The van der Waals surface area contributed by atoms with Crippen molar-refractivity contribution >= 4 is 41.5 Å². The Kier molecular flexibility index (Phi) is 7.53. The molecule has 2 aromatic rings.